The highest BCUT2D eigenvalue weighted by Gasteiger charge is 2.31. The van der Waals surface area contributed by atoms with E-state index in [-0.39, 0.29) is 35.7 Å². The topological polar surface area (TPSA) is 105 Å². The fraction of sp³-hybridized carbons (Fsp3) is 0.278. The molecule has 1 aliphatic carbocycles. The largest absolute Gasteiger partial charge is 0.497 e. The Balaban J connectivity index is 1.32. The van der Waals surface area contributed by atoms with E-state index in [0.29, 0.717) is 19.4 Å². The van der Waals surface area contributed by atoms with Gasteiger partial charge in [-0.2, -0.15) is 0 Å². The SMILES string of the molecule is COc1ccc(CCNC(=O)[C@@H](c2ccccc2)N(Cc2ccccc2)C(=O)CCc2ccc(S(=O)(=O)NC3CC3)cc2)cc1. The molecule has 0 bridgehead atoms. The summed E-state index contributed by atoms with van der Waals surface area (Å²) in [5.41, 5.74) is 3.54. The highest BCUT2D eigenvalue weighted by molar-refractivity contribution is 7.89. The molecule has 0 radical (unpaired) electrons. The van der Waals surface area contributed by atoms with Gasteiger partial charge in [0.15, 0.2) is 0 Å². The van der Waals surface area contributed by atoms with Crippen molar-refractivity contribution < 1.29 is 22.7 Å². The van der Waals surface area contributed by atoms with Crippen LogP contribution in [0, 0.1) is 0 Å². The van der Waals surface area contributed by atoms with Crippen LogP contribution in [0.25, 0.3) is 0 Å². The number of carbonyl (C=O) groups excluding carboxylic acids is 2. The summed E-state index contributed by atoms with van der Waals surface area (Å²) < 4.78 is 33.1. The molecule has 1 fully saturated rings. The van der Waals surface area contributed by atoms with Crippen molar-refractivity contribution in [2.45, 2.75) is 55.6 Å². The first-order valence-electron chi connectivity index (χ1n) is 15.2. The molecule has 0 saturated heterocycles. The lowest BCUT2D eigenvalue weighted by Gasteiger charge is -2.32. The summed E-state index contributed by atoms with van der Waals surface area (Å²) in [4.78, 5) is 29.7. The lowest BCUT2D eigenvalue weighted by atomic mass is 10.0. The minimum absolute atomic E-state index is 0.0279. The van der Waals surface area contributed by atoms with E-state index in [4.69, 9.17) is 4.74 Å². The molecule has 234 valence electrons. The van der Waals surface area contributed by atoms with E-state index in [2.05, 4.69) is 10.0 Å². The van der Waals surface area contributed by atoms with Gasteiger partial charge in [-0.05, 0) is 72.2 Å². The molecule has 4 aromatic rings. The Morgan fingerprint density at radius 1 is 0.800 bits per heavy atom. The van der Waals surface area contributed by atoms with E-state index in [0.717, 1.165) is 40.8 Å². The highest BCUT2D eigenvalue weighted by atomic mass is 32.2. The fourth-order valence-electron chi connectivity index (χ4n) is 5.15. The van der Waals surface area contributed by atoms with Gasteiger partial charge in [0.1, 0.15) is 11.8 Å². The molecule has 4 aromatic carbocycles. The van der Waals surface area contributed by atoms with Crippen LogP contribution in [0.15, 0.2) is 114 Å². The second-order valence-electron chi connectivity index (χ2n) is 11.2. The van der Waals surface area contributed by atoms with Gasteiger partial charge < -0.3 is 15.0 Å². The van der Waals surface area contributed by atoms with Gasteiger partial charge in [0, 0.05) is 25.6 Å². The Kier molecular flexibility index (Phi) is 10.7. The minimum Gasteiger partial charge on any atom is -0.497 e. The molecule has 0 aliphatic heterocycles. The summed E-state index contributed by atoms with van der Waals surface area (Å²) >= 11 is 0. The predicted octanol–water partition coefficient (Wildman–Crippen LogP) is 5.20. The van der Waals surface area contributed by atoms with E-state index < -0.39 is 16.1 Å². The number of ether oxygens (including phenoxy) is 1. The predicted molar refractivity (Wildman–Crippen MR) is 174 cm³/mol. The summed E-state index contributed by atoms with van der Waals surface area (Å²) in [7, 11) is -1.93. The van der Waals surface area contributed by atoms with Crippen LogP contribution in [0.1, 0.15) is 47.6 Å². The number of aryl methyl sites for hydroxylation is 1. The second kappa shape index (κ2) is 15.0. The average Bonchev–Trinajstić information content (AvgIpc) is 3.88. The molecule has 9 heteroatoms. The summed E-state index contributed by atoms with van der Waals surface area (Å²) in [5.74, 6) is 0.343. The summed E-state index contributed by atoms with van der Waals surface area (Å²) in [6, 6.07) is 32.5. The number of sulfonamides is 1. The van der Waals surface area contributed by atoms with Gasteiger partial charge in [0.05, 0.1) is 12.0 Å². The Morgan fingerprint density at radius 2 is 1.40 bits per heavy atom. The zero-order valence-corrected chi connectivity index (χ0v) is 26.2. The third-order valence-electron chi connectivity index (χ3n) is 7.82. The zero-order valence-electron chi connectivity index (χ0n) is 25.4. The number of nitrogens with zero attached hydrogens (tertiary/aromatic N) is 1. The van der Waals surface area contributed by atoms with Crippen LogP contribution in [-0.2, 0) is 39.0 Å². The van der Waals surface area contributed by atoms with Gasteiger partial charge in [-0.3, -0.25) is 9.59 Å². The Morgan fingerprint density at radius 3 is 2.02 bits per heavy atom. The van der Waals surface area contributed by atoms with Gasteiger partial charge in [-0.25, -0.2) is 13.1 Å². The van der Waals surface area contributed by atoms with Gasteiger partial charge in [0.2, 0.25) is 21.8 Å². The molecule has 0 heterocycles. The number of hydrogen-bond acceptors (Lipinski definition) is 5. The van der Waals surface area contributed by atoms with Crippen LogP contribution in [0.5, 0.6) is 5.75 Å². The van der Waals surface area contributed by atoms with E-state index >= 15 is 0 Å². The molecule has 45 heavy (non-hydrogen) atoms. The Labute approximate surface area is 265 Å². The highest BCUT2D eigenvalue weighted by Crippen LogP contribution is 2.26. The molecule has 0 spiro atoms. The number of hydrogen-bond donors (Lipinski definition) is 2. The number of amides is 2. The molecular weight excluding hydrogens is 586 g/mol. The van der Waals surface area contributed by atoms with Gasteiger partial charge in [-0.15, -0.1) is 0 Å². The van der Waals surface area contributed by atoms with Crippen LogP contribution in [0.2, 0.25) is 0 Å². The van der Waals surface area contributed by atoms with E-state index in [1.807, 2.05) is 84.9 Å². The van der Waals surface area contributed by atoms with Crippen molar-refractivity contribution in [3.05, 3.63) is 131 Å². The lowest BCUT2D eigenvalue weighted by molar-refractivity contribution is -0.141. The van der Waals surface area contributed by atoms with Crippen molar-refractivity contribution in [1.82, 2.24) is 14.9 Å². The first-order chi connectivity index (χ1) is 21.8. The minimum atomic E-state index is -3.55. The number of benzene rings is 4. The molecule has 1 saturated carbocycles. The lowest BCUT2D eigenvalue weighted by Crippen LogP contribution is -2.44. The van der Waals surface area contributed by atoms with Crippen LogP contribution < -0.4 is 14.8 Å². The molecule has 0 unspecified atom stereocenters. The van der Waals surface area contributed by atoms with E-state index in [1.54, 1.807) is 36.3 Å². The fourth-order valence-corrected chi connectivity index (χ4v) is 6.45. The average molecular weight is 626 g/mol. The first kappa shape index (κ1) is 31.9. The van der Waals surface area contributed by atoms with Crippen LogP contribution in [-0.4, -0.2) is 44.8 Å². The summed E-state index contributed by atoms with van der Waals surface area (Å²) in [6.45, 7) is 0.669. The first-order valence-corrected chi connectivity index (χ1v) is 16.7. The van der Waals surface area contributed by atoms with Crippen molar-refractivity contribution in [1.29, 1.82) is 0 Å². The van der Waals surface area contributed by atoms with Crippen LogP contribution in [0.3, 0.4) is 0 Å². The third-order valence-corrected chi connectivity index (χ3v) is 9.36. The summed E-state index contributed by atoms with van der Waals surface area (Å²) in [6.07, 6.45) is 2.92. The molecular formula is C36H39N3O5S. The van der Waals surface area contributed by atoms with E-state index in [1.165, 1.54) is 0 Å². The number of methoxy groups -OCH3 is 1. The molecule has 0 aromatic heterocycles. The van der Waals surface area contributed by atoms with Crippen molar-refractivity contribution >= 4 is 21.8 Å². The Bertz CT molecular complexity index is 1660. The van der Waals surface area contributed by atoms with Gasteiger partial charge in [-0.1, -0.05) is 84.9 Å². The monoisotopic (exact) mass is 625 g/mol. The smallest absolute Gasteiger partial charge is 0.247 e. The second-order valence-corrected chi connectivity index (χ2v) is 13.0. The van der Waals surface area contributed by atoms with Crippen molar-refractivity contribution in [2.75, 3.05) is 13.7 Å². The van der Waals surface area contributed by atoms with Gasteiger partial charge in [0.25, 0.3) is 0 Å². The molecule has 1 atom stereocenters. The maximum Gasteiger partial charge on any atom is 0.247 e. The van der Waals surface area contributed by atoms with E-state index in [9.17, 15) is 18.0 Å². The molecule has 5 rings (SSSR count). The number of rotatable bonds is 15. The quantitative estimate of drug-likeness (QED) is 0.189. The normalized spacial score (nSPS) is 13.5. The van der Waals surface area contributed by atoms with Crippen LogP contribution >= 0.6 is 0 Å². The van der Waals surface area contributed by atoms with Crippen molar-refractivity contribution in [3.63, 3.8) is 0 Å². The Hall–Kier alpha value is -4.47. The molecule has 2 N–H and O–H groups in total. The summed E-state index contributed by atoms with van der Waals surface area (Å²) in [5, 5.41) is 3.06. The third kappa shape index (κ3) is 9.03. The molecule has 8 nitrogen and oxygen atoms in total. The number of nitrogens with one attached hydrogen (secondary N) is 2. The van der Waals surface area contributed by atoms with Crippen molar-refractivity contribution in [2.24, 2.45) is 0 Å². The number of carbonyl (C=O) groups is 2. The van der Waals surface area contributed by atoms with Crippen LogP contribution in [0.4, 0.5) is 0 Å². The molecule has 1 aliphatic rings. The zero-order chi connectivity index (χ0) is 31.6. The van der Waals surface area contributed by atoms with Gasteiger partial charge >= 0.3 is 0 Å². The van der Waals surface area contributed by atoms with Crippen molar-refractivity contribution in [3.8, 4) is 5.75 Å². The maximum atomic E-state index is 14.0. The standard InChI is InChI=1S/C36H39N3O5S/c1-44-32-19-12-28(13-20-32)24-25-37-36(41)35(30-10-6-3-7-11-30)39(26-29-8-4-2-5-9-29)34(40)23-16-27-14-21-33(22-15-27)45(42,43)38-31-17-18-31/h2-15,19-22,31,35,38H,16-18,23-26H2,1H3,(H,37,41)/t35-/m1/s1. The maximum absolute atomic E-state index is 14.0. The molecule has 2 amide bonds.